The molecular weight excluding hydrogens is 641 g/mol. The summed E-state index contributed by atoms with van der Waals surface area (Å²) in [5.41, 5.74) is 11.4. The topological polar surface area (TPSA) is 35.6 Å². The van der Waals surface area contributed by atoms with Crippen LogP contribution in [0.4, 0.5) is 0 Å². The van der Waals surface area contributed by atoms with E-state index in [1.807, 2.05) is 6.20 Å². The molecule has 0 spiro atoms. The monoisotopic (exact) mass is 668 g/mol. The molecule has 0 aliphatic heterocycles. The highest BCUT2D eigenvalue weighted by Gasteiger charge is 2.17. The maximum atomic E-state index is 5.07. The molecule has 0 aliphatic rings. The van der Waals surface area contributed by atoms with Gasteiger partial charge in [0.05, 0.1) is 32.3 Å². The van der Waals surface area contributed by atoms with Crippen molar-refractivity contribution >= 4 is 75.3 Å². The van der Waals surface area contributed by atoms with Crippen molar-refractivity contribution in [2.45, 2.75) is 0 Å². The zero-order valence-electron chi connectivity index (χ0n) is 27.4. The Hall–Kier alpha value is -6.56. The molecule has 0 bridgehead atoms. The summed E-state index contributed by atoms with van der Waals surface area (Å²) in [6, 6.07) is 58.9. The summed E-state index contributed by atoms with van der Waals surface area (Å²) >= 11 is 1.74. The van der Waals surface area contributed by atoms with Crippen LogP contribution in [0.25, 0.3) is 97.8 Å². The zero-order chi connectivity index (χ0) is 33.5. The summed E-state index contributed by atoms with van der Waals surface area (Å²) in [7, 11) is 0. The van der Waals surface area contributed by atoms with Gasteiger partial charge in [-0.25, -0.2) is 9.97 Å². The summed E-state index contributed by atoms with van der Waals surface area (Å²) in [5, 5.41) is 6.14. The van der Waals surface area contributed by atoms with Gasteiger partial charge >= 0.3 is 0 Å². The van der Waals surface area contributed by atoms with Gasteiger partial charge in [0, 0.05) is 54.8 Å². The first-order valence-electron chi connectivity index (χ1n) is 17.2. The quantitative estimate of drug-likeness (QED) is 0.187. The number of hydrogen-bond acceptors (Lipinski definition) is 3. The summed E-state index contributed by atoms with van der Waals surface area (Å²) < 4.78 is 7.07. The lowest BCUT2D eigenvalue weighted by Crippen LogP contribution is -1.95. The van der Waals surface area contributed by atoms with Crippen LogP contribution >= 0.6 is 11.3 Å². The normalized spacial score (nSPS) is 11.9. The van der Waals surface area contributed by atoms with Gasteiger partial charge in [-0.2, -0.15) is 0 Å². The number of aromatic nitrogens is 4. The summed E-state index contributed by atoms with van der Waals surface area (Å²) in [6.07, 6.45) is 1.97. The SMILES string of the molecule is c1ccc(-n2c3ccccc3c3cc(-c4ccc5c(c4)c4ccccc4n5-c4cccc(-c5ncc6sc7ccccc7c6n5)c4)ccc32)cc1. The third-order valence-electron chi connectivity index (χ3n) is 10.2. The molecule has 0 atom stereocenters. The molecule has 11 aromatic rings. The summed E-state index contributed by atoms with van der Waals surface area (Å²) in [4.78, 5) is 9.89. The summed E-state index contributed by atoms with van der Waals surface area (Å²) in [6.45, 7) is 0. The van der Waals surface area contributed by atoms with Crippen molar-refractivity contribution in [1.82, 2.24) is 19.1 Å². The fourth-order valence-electron chi connectivity index (χ4n) is 7.87. The lowest BCUT2D eigenvalue weighted by Gasteiger charge is -2.10. The van der Waals surface area contributed by atoms with Crippen LogP contribution in [0.15, 0.2) is 170 Å². The van der Waals surface area contributed by atoms with E-state index < -0.39 is 0 Å². The lowest BCUT2D eigenvalue weighted by molar-refractivity contribution is 1.17. The molecule has 0 N–H and O–H groups in total. The minimum Gasteiger partial charge on any atom is -0.309 e. The van der Waals surface area contributed by atoms with Gasteiger partial charge in [0.1, 0.15) is 0 Å². The molecule has 0 unspecified atom stereocenters. The Morgan fingerprint density at radius 2 is 0.961 bits per heavy atom. The van der Waals surface area contributed by atoms with Gasteiger partial charge < -0.3 is 9.13 Å². The Kier molecular flexibility index (Phi) is 6.09. The molecular formula is C46H28N4S. The van der Waals surface area contributed by atoms with E-state index in [0.717, 1.165) is 27.3 Å². The lowest BCUT2D eigenvalue weighted by atomic mass is 10.0. The molecule has 238 valence electrons. The molecule has 0 aliphatic carbocycles. The highest BCUT2D eigenvalue weighted by atomic mass is 32.1. The molecule has 4 heterocycles. The standard InChI is InChI=1S/C46H28N4S/c1-2-12-32(13-3-1)49-39-18-7-4-15-34(39)37-26-29(21-23-41(37)49)30-22-24-42-38(27-30)35-16-5-8-19-40(35)50(42)33-14-10-11-31(25-33)46-47-28-44-45(48-46)36-17-6-9-20-43(36)51-44/h1-28H. The van der Waals surface area contributed by atoms with Gasteiger partial charge in [-0.15, -0.1) is 11.3 Å². The Morgan fingerprint density at radius 3 is 1.67 bits per heavy atom. The van der Waals surface area contributed by atoms with Crippen molar-refractivity contribution in [3.63, 3.8) is 0 Å². The molecule has 4 aromatic heterocycles. The Balaban J connectivity index is 1.06. The number of nitrogens with zero attached hydrogens (tertiary/aromatic N) is 4. The first-order valence-corrected chi connectivity index (χ1v) is 18.0. The molecule has 0 saturated heterocycles. The molecule has 51 heavy (non-hydrogen) atoms. The van der Waals surface area contributed by atoms with Crippen LogP contribution in [-0.2, 0) is 0 Å². The molecule has 7 aromatic carbocycles. The first kappa shape index (κ1) is 28.3. The van der Waals surface area contributed by atoms with Gasteiger partial charge in [-0.1, -0.05) is 97.1 Å². The van der Waals surface area contributed by atoms with E-state index in [4.69, 9.17) is 9.97 Å². The van der Waals surface area contributed by atoms with Crippen LogP contribution in [-0.4, -0.2) is 19.1 Å². The van der Waals surface area contributed by atoms with Crippen molar-refractivity contribution in [1.29, 1.82) is 0 Å². The molecule has 0 radical (unpaired) electrons. The highest BCUT2D eigenvalue weighted by Crippen LogP contribution is 2.39. The maximum Gasteiger partial charge on any atom is 0.159 e. The predicted molar refractivity (Wildman–Crippen MR) is 214 cm³/mol. The number of benzene rings is 7. The van der Waals surface area contributed by atoms with Gasteiger partial charge in [-0.05, 0) is 77.9 Å². The van der Waals surface area contributed by atoms with E-state index in [2.05, 4.69) is 173 Å². The molecule has 5 heteroatoms. The number of fused-ring (bicyclic) bond motifs is 9. The van der Waals surface area contributed by atoms with Crippen molar-refractivity contribution < 1.29 is 0 Å². The minimum absolute atomic E-state index is 0.736. The molecule has 0 fully saturated rings. The third kappa shape index (κ3) is 4.32. The third-order valence-corrected chi connectivity index (χ3v) is 11.3. The van der Waals surface area contributed by atoms with Crippen molar-refractivity contribution in [2.75, 3.05) is 0 Å². The molecule has 0 saturated carbocycles. The van der Waals surface area contributed by atoms with E-state index in [0.29, 0.717) is 0 Å². The number of thiophene rings is 1. The van der Waals surface area contributed by atoms with Gasteiger partial charge in [-0.3, -0.25) is 0 Å². The van der Waals surface area contributed by atoms with Crippen LogP contribution in [0.1, 0.15) is 0 Å². The zero-order valence-corrected chi connectivity index (χ0v) is 28.2. The number of para-hydroxylation sites is 3. The van der Waals surface area contributed by atoms with Gasteiger partial charge in [0.25, 0.3) is 0 Å². The van der Waals surface area contributed by atoms with E-state index in [1.165, 1.54) is 70.5 Å². The Labute approximate surface area is 297 Å². The van der Waals surface area contributed by atoms with Crippen LogP contribution in [0.3, 0.4) is 0 Å². The first-order chi connectivity index (χ1) is 25.3. The van der Waals surface area contributed by atoms with Crippen molar-refractivity contribution in [3.05, 3.63) is 170 Å². The molecule has 0 amide bonds. The maximum absolute atomic E-state index is 5.07. The average Bonchev–Trinajstić information content (AvgIpc) is 3.85. The van der Waals surface area contributed by atoms with Crippen LogP contribution in [0.5, 0.6) is 0 Å². The second-order valence-corrected chi connectivity index (χ2v) is 14.1. The smallest absolute Gasteiger partial charge is 0.159 e. The summed E-state index contributed by atoms with van der Waals surface area (Å²) in [5.74, 6) is 0.736. The van der Waals surface area contributed by atoms with Gasteiger partial charge in [0.2, 0.25) is 0 Å². The highest BCUT2D eigenvalue weighted by molar-refractivity contribution is 7.25. The van der Waals surface area contributed by atoms with E-state index >= 15 is 0 Å². The van der Waals surface area contributed by atoms with Crippen molar-refractivity contribution in [3.8, 4) is 33.9 Å². The minimum atomic E-state index is 0.736. The van der Waals surface area contributed by atoms with Crippen LogP contribution in [0.2, 0.25) is 0 Å². The van der Waals surface area contributed by atoms with Crippen LogP contribution in [0, 0.1) is 0 Å². The van der Waals surface area contributed by atoms with Crippen LogP contribution < -0.4 is 0 Å². The second kappa shape index (κ2) is 11.0. The largest absolute Gasteiger partial charge is 0.309 e. The van der Waals surface area contributed by atoms with E-state index in [1.54, 1.807) is 11.3 Å². The van der Waals surface area contributed by atoms with E-state index in [-0.39, 0.29) is 0 Å². The molecule has 11 rings (SSSR count). The fourth-order valence-corrected chi connectivity index (χ4v) is 8.89. The number of rotatable bonds is 4. The Morgan fingerprint density at radius 1 is 0.392 bits per heavy atom. The fraction of sp³-hybridized carbons (Fsp3) is 0. The second-order valence-electron chi connectivity index (χ2n) is 13.1. The average molecular weight is 669 g/mol. The van der Waals surface area contributed by atoms with Crippen molar-refractivity contribution in [2.24, 2.45) is 0 Å². The van der Waals surface area contributed by atoms with E-state index in [9.17, 15) is 0 Å². The van der Waals surface area contributed by atoms with Gasteiger partial charge in [0.15, 0.2) is 5.82 Å². The molecule has 4 nitrogen and oxygen atoms in total. The Bertz CT molecular complexity index is 3150. The number of hydrogen-bond donors (Lipinski definition) is 0. The predicted octanol–water partition coefficient (Wildman–Crippen LogP) is 12.4.